The molecule has 0 aliphatic rings. The average molecular weight is 480 g/mol. The maximum Gasteiger partial charge on any atom is 0.236 e. The van der Waals surface area contributed by atoms with E-state index in [0.29, 0.717) is 5.82 Å². The number of nitrogens with zero attached hydrogens (tertiary/aromatic N) is 4. The van der Waals surface area contributed by atoms with Gasteiger partial charge in [0.2, 0.25) is 5.91 Å². The third-order valence-electron chi connectivity index (χ3n) is 3.90. The van der Waals surface area contributed by atoms with Crippen LogP contribution in [0.4, 0.5) is 5.82 Å². The van der Waals surface area contributed by atoms with Gasteiger partial charge in [0.05, 0.1) is 5.75 Å². The lowest BCUT2D eigenvalue weighted by Gasteiger charge is -2.08. The highest BCUT2D eigenvalue weighted by Crippen LogP contribution is 2.28. The Kier molecular flexibility index (Phi) is 7.64. The molecule has 0 spiro atoms. The number of rotatable bonds is 9. The summed E-state index contributed by atoms with van der Waals surface area (Å²) in [4.78, 5) is 17.8. The number of pyridine rings is 1. The summed E-state index contributed by atoms with van der Waals surface area (Å²) in [6.07, 6.45) is 4.84. The summed E-state index contributed by atoms with van der Waals surface area (Å²) in [6, 6.07) is 5.80. The van der Waals surface area contributed by atoms with Crippen molar-refractivity contribution in [2.45, 2.75) is 44.8 Å². The van der Waals surface area contributed by atoms with Crippen molar-refractivity contribution in [2.75, 3.05) is 11.1 Å². The van der Waals surface area contributed by atoms with Crippen molar-refractivity contribution in [2.24, 2.45) is 0 Å². The Morgan fingerprint density at radius 1 is 1.29 bits per heavy atom. The third-order valence-corrected chi connectivity index (χ3v) is 6.33. The zero-order valence-electron chi connectivity index (χ0n) is 15.8. The fraction of sp³-hybridized carbons (Fsp3) is 0.368. The molecule has 0 saturated carbocycles. The van der Waals surface area contributed by atoms with E-state index in [2.05, 4.69) is 66.3 Å². The number of thiophene rings is 1. The van der Waals surface area contributed by atoms with E-state index in [1.165, 1.54) is 16.6 Å². The van der Waals surface area contributed by atoms with E-state index in [0.717, 1.165) is 46.8 Å². The van der Waals surface area contributed by atoms with E-state index in [9.17, 15) is 4.79 Å². The smallest absolute Gasteiger partial charge is 0.236 e. The van der Waals surface area contributed by atoms with Crippen LogP contribution in [0.2, 0.25) is 0 Å². The molecule has 0 saturated heterocycles. The highest BCUT2D eigenvalue weighted by Gasteiger charge is 2.16. The molecule has 3 aromatic heterocycles. The number of hydrogen-bond donors (Lipinski definition) is 1. The molecule has 6 nitrogen and oxygen atoms in total. The van der Waals surface area contributed by atoms with Crippen LogP contribution in [0.3, 0.4) is 0 Å². The Morgan fingerprint density at radius 2 is 2.14 bits per heavy atom. The Bertz CT molecular complexity index is 923. The number of aryl methyl sites for hydroxylation is 1. The second-order valence-electron chi connectivity index (χ2n) is 6.21. The molecular formula is C19H22BrN5OS2. The molecule has 0 unspecified atom stereocenters. The topological polar surface area (TPSA) is 72.7 Å². The van der Waals surface area contributed by atoms with Crippen molar-refractivity contribution in [3.8, 4) is 11.4 Å². The number of thioether (sulfide) groups is 1. The zero-order chi connectivity index (χ0) is 19.9. The van der Waals surface area contributed by atoms with Crippen molar-refractivity contribution in [1.29, 1.82) is 0 Å². The van der Waals surface area contributed by atoms with Crippen LogP contribution in [0, 0.1) is 0 Å². The molecule has 0 atom stereocenters. The molecule has 0 fully saturated rings. The largest absolute Gasteiger partial charge is 0.310 e. The summed E-state index contributed by atoms with van der Waals surface area (Å²) in [7, 11) is 0. The van der Waals surface area contributed by atoms with Crippen LogP contribution in [0.25, 0.3) is 11.4 Å². The van der Waals surface area contributed by atoms with Gasteiger partial charge in [-0.05, 0) is 47.0 Å². The number of aromatic nitrogens is 4. The van der Waals surface area contributed by atoms with Gasteiger partial charge in [0, 0.05) is 33.0 Å². The highest BCUT2D eigenvalue weighted by atomic mass is 79.9. The van der Waals surface area contributed by atoms with Crippen LogP contribution in [-0.4, -0.2) is 31.4 Å². The zero-order valence-corrected chi connectivity index (χ0v) is 19.0. The monoisotopic (exact) mass is 479 g/mol. The number of amides is 1. The van der Waals surface area contributed by atoms with Gasteiger partial charge in [0.25, 0.3) is 0 Å². The number of carbonyl (C=O) groups excluding carboxylic acids is 1. The van der Waals surface area contributed by atoms with Gasteiger partial charge in [-0.15, -0.1) is 21.5 Å². The van der Waals surface area contributed by atoms with E-state index in [1.807, 2.05) is 6.07 Å². The maximum atomic E-state index is 12.3. The summed E-state index contributed by atoms with van der Waals surface area (Å²) in [6.45, 7) is 5.13. The van der Waals surface area contributed by atoms with Crippen molar-refractivity contribution < 1.29 is 4.79 Å². The minimum atomic E-state index is -0.117. The molecule has 0 radical (unpaired) electrons. The first-order valence-corrected chi connectivity index (χ1v) is 11.8. The molecule has 0 aliphatic heterocycles. The molecule has 0 bridgehead atoms. The van der Waals surface area contributed by atoms with Crippen molar-refractivity contribution in [1.82, 2.24) is 19.7 Å². The number of nitrogens with one attached hydrogen (secondary N) is 1. The predicted octanol–water partition coefficient (Wildman–Crippen LogP) is 5.26. The molecule has 0 aliphatic carbocycles. The summed E-state index contributed by atoms with van der Waals surface area (Å²) in [5.74, 6) is 1.54. The molecule has 3 heterocycles. The molecule has 1 amide bonds. The van der Waals surface area contributed by atoms with E-state index in [-0.39, 0.29) is 11.7 Å². The number of halogens is 1. The van der Waals surface area contributed by atoms with Crippen LogP contribution in [-0.2, 0) is 17.8 Å². The molecule has 3 aromatic rings. The van der Waals surface area contributed by atoms with Crippen LogP contribution in [0.5, 0.6) is 0 Å². The van der Waals surface area contributed by atoms with Crippen LogP contribution >= 0.6 is 39.0 Å². The molecule has 28 heavy (non-hydrogen) atoms. The van der Waals surface area contributed by atoms with Crippen LogP contribution in [0.1, 0.15) is 31.6 Å². The first-order chi connectivity index (χ1) is 13.6. The van der Waals surface area contributed by atoms with Crippen molar-refractivity contribution >= 4 is 50.8 Å². The molecule has 0 aromatic carbocycles. The fourth-order valence-corrected chi connectivity index (χ4v) is 4.64. The lowest BCUT2D eigenvalue weighted by Crippen LogP contribution is -2.15. The van der Waals surface area contributed by atoms with Crippen molar-refractivity contribution in [3.05, 3.63) is 39.1 Å². The Morgan fingerprint density at radius 3 is 2.86 bits per heavy atom. The van der Waals surface area contributed by atoms with E-state index < -0.39 is 0 Å². The van der Waals surface area contributed by atoms with Gasteiger partial charge in [-0.2, -0.15) is 0 Å². The van der Waals surface area contributed by atoms with E-state index in [4.69, 9.17) is 0 Å². The minimum absolute atomic E-state index is 0.117. The molecule has 3 rings (SSSR count). The van der Waals surface area contributed by atoms with Gasteiger partial charge in [0.1, 0.15) is 5.82 Å². The van der Waals surface area contributed by atoms with Gasteiger partial charge in [-0.3, -0.25) is 4.79 Å². The third kappa shape index (κ3) is 5.42. The second-order valence-corrected chi connectivity index (χ2v) is 9.06. The molecular weight excluding hydrogens is 458 g/mol. The summed E-state index contributed by atoms with van der Waals surface area (Å²) in [5.41, 5.74) is 1.10. The summed E-state index contributed by atoms with van der Waals surface area (Å²) >= 11 is 6.49. The van der Waals surface area contributed by atoms with Crippen LogP contribution < -0.4 is 5.32 Å². The van der Waals surface area contributed by atoms with Crippen LogP contribution in [0.15, 0.2) is 39.4 Å². The minimum Gasteiger partial charge on any atom is -0.310 e. The normalized spacial score (nSPS) is 11.0. The Labute approximate surface area is 181 Å². The predicted molar refractivity (Wildman–Crippen MR) is 119 cm³/mol. The number of anilines is 1. The lowest BCUT2D eigenvalue weighted by atomic mass is 10.2. The molecule has 148 valence electrons. The van der Waals surface area contributed by atoms with Gasteiger partial charge in [-0.1, -0.05) is 32.0 Å². The lowest BCUT2D eigenvalue weighted by molar-refractivity contribution is -0.113. The Balaban J connectivity index is 1.68. The quantitative estimate of drug-likeness (QED) is 0.423. The van der Waals surface area contributed by atoms with E-state index in [1.54, 1.807) is 23.6 Å². The van der Waals surface area contributed by atoms with E-state index >= 15 is 0 Å². The number of carbonyl (C=O) groups is 1. The summed E-state index contributed by atoms with van der Waals surface area (Å²) in [5, 5.41) is 14.4. The fourth-order valence-electron chi connectivity index (χ4n) is 2.67. The number of hydrogen-bond acceptors (Lipinski definition) is 6. The van der Waals surface area contributed by atoms with Crippen molar-refractivity contribution in [3.63, 3.8) is 0 Å². The highest BCUT2D eigenvalue weighted by molar-refractivity contribution is 9.10. The Hall–Kier alpha value is -1.71. The first kappa shape index (κ1) is 21.0. The average Bonchev–Trinajstić information content (AvgIpc) is 3.29. The van der Waals surface area contributed by atoms with Gasteiger partial charge in [0.15, 0.2) is 11.0 Å². The van der Waals surface area contributed by atoms with Gasteiger partial charge in [-0.25, -0.2) is 4.98 Å². The van der Waals surface area contributed by atoms with Gasteiger partial charge < -0.3 is 9.88 Å². The standard InChI is InChI=1S/C19H22BrN5OS2/c1-3-5-15-9-13(11-27-15)18-23-24-19(25(18)8-4-2)28-12-17(26)22-16-7-6-14(20)10-21-16/h6-7,9-11H,3-5,8,12H2,1-2H3,(H,21,22,26). The second kappa shape index (κ2) is 10.2. The molecule has 1 N–H and O–H groups in total. The van der Waals surface area contributed by atoms with Gasteiger partial charge >= 0.3 is 0 Å². The summed E-state index contributed by atoms with van der Waals surface area (Å²) < 4.78 is 2.98. The molecule has 9 heteroatoms. The first-order valence-electron chi connectivity index (χ1n) is 9.15. The maximum absolute atomic E-state index is 12.3. The SMILES string of the molecule is CCCc1cc(-c2nnc(SCC(=O)Nc3ccc(Br)cn3)n2CCC)cs1.